The normalized spacial score (nSPS) is 10.2. The summed E-state index contributed by atoms with van der Waals surface area (Å²) >= 11 is 3.48. The van der Waals surface area contributed by atoms with E-state index in [-0.39, 0.29) is 0 Å². The highest BCUT2D eigenvalue weighted by Gasteiger charge is 2.07. The van der Waals surface area contributed by atoms with Crippen LogP contribution in [0.2, 0.25) is 0 Å². The topological polar surface area (TPSA) is 49.8 Å². The fourth-order valence-electron chi connectivity index (χ4n) is 1.59. The van der Waals surface area contributed by atoms with E-state index in [2.05, 4.69) is 55.6 Å². The number of aromatic nitrogens is 2. The third kappa shape index (κ3) is 2.79. The summed E-state index contributed by atoms with van der Waals surface area (Å²) in [6.07, 6.45) is 2.57. The lowest BCUT2D eigenvalue weighted by Gasteiger charge is -2.10. The van der Waals surface area contributed by atoms with Gasteiger partial charge in [-0.3, -0.25) is 0 Å². The van der Waals surface area contributed by atoms with Crippen LogP contribution in [0.25, 0.3) is 0 Å². The zero-order valence-electron chi connectivity index (χ0n) is 10.4. The van der Waals surface area contributed by atoms with Crippen LogP contribution >= 0.6 is 15.9 Å². The Labute approximate surface area is 115 Å². The Balaban J connectivity index is 2.22. The molecular weight excluding hydrogens is 292 g/mol. The average Bonchev–Trinajstić information content (AvgIpc) is 2.42. The summed E-state index contributed by atoms with van der Waals surface area (Å²) in [4.78, 5) is 8.33. The van der Waals surface area contributed by atoms with Crippen LogP contribution in [-0.2, 0) is 6.42 Å². The first-order valence-electron chi connectivity index (χ1n) is 5.78. The van der Waals surface area contributed by atoms with Crippen LogP contribution in [0.1, 0.15) is 12.5 Å². The molecule has 0 atom stereocenters. The van der Waals surface area contributed by atoms with E-state index in [0.717, 1.165) is 28.2 Å². The first-order chi connectivity index (χ1) is 8.74. The van der Waals surface area contributed by atoms with Crippen LogP contribution in [0.4, 0.5) is 17.3 Å². The monoisotopic (exact) mass is 306 g/mol. The Kier molecular flexibility index (Phi) is 4.15. The zero-order valence-corrected chi connectivity index (χ0v) is 12.0. The summed E-state index contributed by atoms with van der Waals surface area (Å²) in [5.74, 6) is 1.51. The lowest BCUT2D eigenvalue weighted by molar-refractivity contribution is 1.13. The molecule has 0 saturated carbocycles. The van der Waals surface area contributed by atoms with Crippen molar-refractivity contribution in [2.24, 2.45) is 0 Å². The lowest BCUT2D eigenvalue weighted by Crippen LogP contribution is -2.00. The SMILES string of the molecule is CCc1ccc(Nc2ncnc(NC)c2Br)cc1. The maximum absolute atomic E-state index is 4.22. The van der Waals surface area contributed by atoms with Crippen molar-refractivity contribution in [2.45, 2.75) is 13.3 Å². The van der Waals surface area contributed by atoms with Crippen molar-refractivity contribution in [1.82, 2.24) is 9.97 Å². The number of hydrogen-bond acceptors (Lipinski definition) is 4. The maximum atomic E-state index is 4.22. The second kappa shape index (κ2) is 5.82. The fourth-order valence-corrected chi connectivity index (χ4v) is 2.09. The van der Waals surface area contributed by atoms with Gasteiger partial charge in [-0.1, -0.05) is 19.1 Å². The van der Waals surface area contributed by atoms with Crippen molar-refractivity contribution in [2.75, 3.05) is 17.7 Å². The smallest absolute Gasteiger partial charge is 0.150 e. The summed E-state index contributed by atoms with van der Waals surface area (Å²) in [6, 6.07) is 8.31. The number of anilines is 3. The molecular formula is C13H15BrN4. The summed E-state index contributed by atoms with van der Waals surface area (Å²) < 4.78 is 0.826. The molecule has 2 rings (SSSR count). The molecule has 0 spiro atoms. The number of nitrogens with zero attached hydrogens (tertiary/aromatic N) is 2. The second-order valence-electron chi connectivity index (χ2n) is 3.81. The molecule has 0 amide bonds. The lowest BCUT2D eigenvalue weighted by atomic mass is 10.1. The second-order valence-corrected chi connectivity index (χ2v) is 4.60. The number of aryl methyl sites for hydroxylation is 1. The first kappa shape index (κ1) is 12.8. The third-order valence-electron chi connectivity index (χ3n) is 2.65. The molecule has 1 aromatic carbocycles. The van der Waals surface area contributed by atoms with E-state index in [1.807, 2.05) is 19.2 Å². The number of hydrogen-bond donors (Lipinski definition) is 2. The molecule has 1 aromatic heterocycles. The van der Waals surface area contributed by atoms with Gasteiger partial charge in [0, 0.05) is 12.7 Å². The van der Waals surface area contributed by atoms with Crippen LogP contribution in [0.5, 0.6) is 0 Å². The molecule has 18 heavy (non-hydrogen) atoms. The molecule has 5 heteroatoms. The molecule has 0 aliphatic rings. The summed E-state index contributed by atoms with van der Waals surface area (Å²) in [5.41, 5.74) is 2.33. The largest absolute Gasteiger partial charge is 0.372 e. The molecule has 0 aliphatic carbocycles. The summed E-state index contributed by atoms with van der Waals surface area (Å²) in [6.45, 7) is 2.14. The number of rotatable bonds is 4. The van der Waals surface area contributed by atoms with Gasteiger partial charge < -0.3 is 10.6 Å². The molecule has 0 aliphatic heterocycles. The molecule has 0 saturated heterocycles. The van der Waals surface area contributed by atoms with Gasteiger partial charge in [0.1, 0.15) is 22.4 Å². The Hall–Kier alpha value is -1.62. The van der Waals surface area contributed by atoms with Crippen molar-refractivity contribution in [3.05, 3.63) is 40.6 Å². The van der Waals surface area contributed by atoms with Gasteiger partial charge in [0.25, 0.3) is 0 Å². The van der Waals surface area contributed by atoms with Crippen molar-refractivity contribution in [1.29, 1.82) is 0 Å². The van der Waals surface area contributed by atoms with Crippen molar-refractivity contribution < 1.29 is 0 Å². The van der Waals surface area contributed by atoms with Crippen LogP contribution in [0, 0.1) is 0 Å². The number of halogens is 1. The average molecular weight is 307 g/mol. The third-order valence-corrected chi connectivity index (χ3v) is 3.40. The molecule has 0 unspecified atom stereocenters. The van der Waals surface area contributed by atoms with Crippen molar-refractivity contribution in [3.63, 3.8) is 0 Å². The van der Waals surface area contributed by atoms with Crippen LogP contribution in [0.3, 0.4) is 0 Å². The van der Waals surface area contributed by atoms with E-state index in [1.54, 1.807) is 0 Å². The van der Waals surface area contributed by atoms with E-state index in [0.29, 0.717) is 0 Å². The highest BCUT2D eigenvalue weighted by Crippen LogP contribution is 2.28. The van der Waals surface area contributed by atoms with E-state index in [4.69, 9.17) is 0 Å². The molecule has 2 aromatic rings. The quantitative estimate of drug-likeness (QED) is 0.906. The first-order valence-corrected chi connectivity index (χ1v) is 6.58. The van der Waals surface area contributed by atoms with Gasteiger partial charge in [-0.05, 0) is 40.0 Å². The van der Waals surface area contributed by atoms with Crippen molar-refractivity contribution in [3.8, 4) is 0 Å². The van der Waals surface area contributed by atoms with Crippen LogP contribution in [-0.4, -0.2) is 17.0 Å². The van der Waals surface area contributed by atoms with Gasteiger partial charge in [0.2, 0.25) is 0 Å². The van der Waals surface area contributed by atoms with Gasteiger partial charge in [0.15, 0.2) is 0 Å². The fraction of sp³-hybridized carbons (Fsp3) is 0.231. The van der Waals surface area contributed by atoms with Crippen LogP contribution < -0.4 is 10.6 Å². The predicted octanol–water partition coefficient (Wildman–Crippen LogP) is 3.59. The van der Waals surface area contributed by atoms with E-state index in [9.17, 15) is 0 Å². The molecule has 0 bridgehead atoms. The highest BCUT2D eigenvalue weighted by atomic mass is 79.9. The molecule has 2 N–H and O–H groups in total. The van der Waals surface area contributed by atoms with Gasteiger partial charge >= 0.3 is 0 Å². The Morgan fingerprint density at radius 2 is 1.78 bits per heavy atom. The van der Waals surface area contributed by atoms with E-state index in [1.165, 1.54) is 11.9 Å². The van der Waals surface area contributed by atoms with Gasteiger partial charge in [-0.25, -0.2) is 9.97 Å². The molecule has 0 fully saturated rings. The predicted molar refractivity (Wildman–Crippen MR) is 78.4 cm³/mol. The molecule has 1 heterocycles. The number of nitrogens with one attached hydrogen (secondary N) is 2. The van der Waals surface area contributed by atoms with Gasteiger partial charge in [-0.15, -0.1) is 0 Å². The Morgan fingerprint density at radius 3 is 2.39 bits per heavy atom. The number of benzene rings is 1. The van der Waals surface area contributed by atoms with Gasteiger partial charge in [0.05, 0.1) is 0 Å². The molecule has 0 radical (unpaired) electrons. The van der Waals surface area contributed by atoms with Crippen molar-refractivity contribution >= 4 is 33.3 Å². The molecule has 4 nitrogen and oxygen atoms in total. The zero-order chi connectivity index (χ0) is 13.0. The van der Waals surface area contributed by atoms with Gasteiger partial charge in [-0.2, -0.15) is 0 Å². The molecule has 94 valence electrons. The maximum Gasteiger partial charge on any atom is 0.150 e. The minimum Gasteiger partial charge on any atom is -0.372 e. The van der Waals surface area contributed by atoms with E-state index >= 15 is 0 Å². The highest BCUT2D eigenvalue weighted by molar-refractivity contribution is 9.10. The Bertz CT molecular complexity index is 525. The minimum atomic E-state index is 0.749. The van der Waals surface area contributed by atoms with Crippen LogP contribution in [0.15, 0.2) is 35.1 Å². The summed E-state index contributed by atoms with van der Waals surface area (Å²) in [5, 5.41) is 6.26. The minimum absolute atomic E-state index is 0.749. The summed E-state index contributed by atoms with van der Waals surface area (Å²) in [7, 11) is 1.83. The van der Waals surface area contributed by atoms with E-state index < -0.39 is 0 Å². The standard InChI is InChI=1S/C13H15BrN4/c1-3-9-4-6-10(7-5-9)18-13-11(14)12(15-2)16-8-17-13/h4-8H,3H2,1-2H3,(H2,15,16,17,18). The Morgan fingerprint density at radius 1 is 1.11 bits per heavy atom.